The van der Waals surface area contributed by atoms with Crippen LogP contribution in [0.1, 0.15) is 45.9 Å². The zero-order valence-electron chi connectivity index (χ0n) is 12.7. The van der Waals surface area contributed by atoms with Crippen molar-refractivity contribution in [2.75, 3.05) is 19.8 Å². The summed E-state index contributed by atoms with van der Waals surface area (Å²) in [6.07, 6.45) is 8.33. The highest BCUT2D eigenvalue weighted by molar-refractivity contribution is 4.95. The Bertz CT molecular complexity index is 325. The summed E-state index contributed by atoms with van der Waals surface area (Å²) in [6, 6.07) is 0.463. The topological polar surface area (TPSA) is 39.1 Å². The maximum atomic E-state index is 5.47. The molecular weight excluding hydrogens is 238 g/mol. The number of aryl methyl sites for hydroxylation is 1. The van der Waals surface area contributed by atoms with E-state index in [9.17, 15) is 0 Å². The van der Waals surface area contributed by atoms with E-state index in [0.717, 1.165) is 52.0 Å². The second-order valence-electron chi connectivity index (χ2n) is 4.88. The van der Waals surface area contributed by atoms with Gasteiger partial charge in [0.2, 0.25) is 0 Å². The van der Waals surface area contributed by atoms with Crippen LogP contribution in [0.4, 0.5) is 0 Å². The van der Waals surface area contributed by atoms with Gasteiger partial charge in [0, 0.05) is 44.6 Å². The second kappa shape index (κ2) is 9.98. The van der Waals surface area contributed by atoms with Crippen molar-refractivity contribution >= 4 is 0 Å². The van der Waals surface area contributed by atoms with Crippen LogP contribution in [-0.2, 0) is 17.7 Å². The van der Waals surface area contributed by atoms with Crippen molar-refractivity contribution in [2.24, 2.45) is 0 Å². The lowest BCUT2D eigenvalue weighted by Crippen LogP contribution is -2.34. The smallest absolute Gasteiger partial charge is 0.110 e. The summed E-state index contributed by atoms with van der Waals surface area (Å²) in [6.45, 7) is 10.2. The van der Waals surface area contributed by atoms with E-state index in [2.05, 4.69) is 34.9 Å². The van der Waals surface area contributed by atoms with Crippen LogP contribution in [0.2, 0.25) is 0 Å². The molecule has 0 saturated carbocycles. The monoisotopic (exact) mass is 267 g/mol. The summed E-state index contributed by atoms with van der Waals surface area (Å²) in [5.74, 6) is 1.19. The minimum Gasteiger partial charge on any atom is -0.382 e. The predicted molar refractivity (Wildman–Crippen MR) is 79.4 cm³/mol. The third-order valence-electron chi connectivity index (χ3n) is 3.19. The van der Waals surface area contributed by atoms with Gasteiger partial charge < -0.3 is 14.6 Å². The molecule has 0 radical (unpaired) electrons. The second-order valence-corrected chi connectivity index (χ2v) is 4.88. The number of ether oxygens (including phenoxy) is 1. The van der Waals surface area contributed by atoms with Gasteiger partial charge in [-0.05, 0) is 32.7 Å². The molecule has 4 heteroatoms. The van der Waals surface area contributed by atoms with E-state index in [1.807, 2.05) is 13.1 Å². The Morgan fingerprint density at radius 2 is 2.16 bits per heavy atom. The highest BCUT2D eigenvalue weighted by Gasteiger charge is 2.12. The van der Waals surface area contributed by atoms with Crippen LogP contribution in [0, 0.1) is 0 Å². The van der Waals surface area contributed by atoms with E-state index >= 15 is 0 Å². The standard InChI is InChI=1S/C15H29N3O/c1-4-8-16-14(7-12-19-6-3)13-15-17-9-11-18(15)10-5-2/h9,11,14,16H,4-8,10,12-13H2,1-3H3. The first kappa shape index (κ1) is 16.2. The molecule has 0 spiro atoms. The van der Waals surface area contributed by atoms with Crippen molar-refractivity contribution in [2.45, 2.75) is 59.0 Å². The van der Waals surface area contributed by atoms with Crippen LogP contribution in [0.25, 0.3) is 0 Å². The molecule has 0 saturated heterocycles. The average Bonchev–Trinajstić information content (AvgIpc) is 2.84. The number of imidazole rings is 1. The molecule has 19 heavy (non-hydrogen) atoms. The molecule has 1 aromatic rings. The molecule has 1 unspecified atom stereocenters. The minimum atomic E-state index is 0.463. The van der Waals surface area contributed by atoms with Crippen LogP contribution in [0.15, 0.2) is 12.4 Å². The van der Waals surface area contributed by atoms with Gasteiger partial charge in [-0.3, -0.25) is 0 Å². The fraction of sp³-hybridized carbons (Fsp3) is 0.800. The van der Waals surface area contributed by atoms with Gasteiger partial charge in [0.25, 0.3) is 0 Å². The highest BCUT2D eigenvalue weighted by atomic mass is 16.5. The molecule has 1 rings (SSSR count). The van der Waals surface area contributed by atoms with Gasteiger partial charge in [0.05, 0.1) is 0 Å². The predicted octanol–water partition coefficient (Wildman–Crippen LogP) is 2.63. The van der Waals surface area contributed by atoms with Crippen LogP contribution >= 0.6 is 0 Å². The van der Waals surface area contributed by atoms with E-state index in [-0.39, 0.29) is 0 Å². The lowest BCUT2D eigenvalue weighted by molar-refractivity contribution is 0.136. The third-order valence-corrected chi connectivity index (χ3v) is 3.19. The maximum Gasteiger partial charge on any atom is 0.110 e. The summed E-state index contributed by atoms with van der Waals surface area (Å²) in [5, 5.41) is 3.60. The quantitative estimate of drug-likeness (QED) is 0.626. The molecule has 0 aromatic carbocycles. The van der Waals surface area contributed by atoms with Crippen LogP contribution < -0.4 is 5.32 Å². The molecule has 0 aliphatic heterocycles. The van der Waals surface area contributed by atoms with Crippen LogP contribution in [-0.4, -0.2) is 35.4 Å². The number of hydrogen-bond donors (Lipinski definition) is 1. The Labute approximate surface area is 117 Å². The normalized spacial score (nSPS) is 12.8. The SMILES string of the molecule is CCCNC(CCOCC)Cc1nccn1CCC. The molecule has 1 atom stereocenters. The first-order valence-corrected chi connectivity index (χ1v) is 7.62. The van der Waals surface area contributed by atoms with Crippen molar-refractivity contribution < 1.29 is 4.74 Å². The van der Waals surface area contributed by atoms with Gasteiger partial charge in [0.1, 0.15) is 5.82 Å². The molecular formula is C15H29N3O. The molecule has 1 N–H and O–H groups in total. The maximum absolute atomic E-state index is 5.47. The van der Waals surface area contributed by atoms with Gasteiger partial charge in [-0.15, -0.1) is 0 Å². The molecule has 0 bridgehead atoms. The first-order valence-electron chi connectivity index (χ1n) is 7.62. The highest BCUT2D eigenvalue weighted by Crippen LogP contribution is 2.06. The number of aromatic nitrogens is 2. The molecule has 0 aliphatic rings. The van der Waals surface area contributed by atoms with Crippen LogP contribution in [0.5, 0.6) is 0 Å². The molecule has 0 aliphatic carbocycles. The molecule has 1 aromatic heterocycles. The van der Waals surface area contributed by atoms with E-state index in [4.69, 9.17) is 4.74 Å². The first-order chi connectivity index (χ1) is 9.31. The summed E-state index contributed by atoms with van der Waals surface area (Å²) in [5.41, 5.74) is 0. The zero-order valence-corrected chi connectivity index (χ0v) is 12.7. The van der Waals surface area contributed by atoms with Crippen LogP contribution in [0.3, 0.4) is 0 Å². The van der Waals surface area contributed by atoms with Gasteiger partial charge in [-0.2, -0.15) is 0 Å². The Balaban J connectivity index is 2.51. The van der Waals surface area contributed by atoms with E-state index < -0.39 is 0 Å². The minimum absolute atomic E-state index is 0.463. The summed E-state index contributed by atoms with van der Waals surface area (Å²) < 4.78 is 7.74. The van der Waals surface area contributed by atoms with Crippen molar-refractivity contribution in [1.82, 2.24) is 14.9 Å². The number of nitrogens with zero attached hydrogens (tertiary/aromatic N) is 2. The number of hydrogen-bond acceptors (Lipinski definition) is 3. The fourth-order valence-electron chi connectivity index (χ4n) is 2.19. The van der Waals surface area contributed by atoms with Crippen molar-refractivity contribution in [3.8, 4) is 0 Å². The Morgan fingerprint density at radius 1 is 1.32 bits per heavy atom. The Hall–Kier alpha value is -0.870. The molecule has 1 heterocycles. The van der Waals surface area contributed by atoms with E-state index in [1.165, 1.54) is 5.82 Å². The van der Waals surface area contributed by atoms with Gasteiger partial charge in [-0.1, -0.05) is 13.8 Å². The van der Waals surface area contributed by atoms with E-state index in [1.54, 1.807) is 0 Å². The Kier molecular flexibility index (Phi) is 8.50. The summed E-state index contributed by atoms with van der Waals surface area (Å²) >= 11 is 0. The van der Waals surface area contributed by atoms with Gasteiger partial charge in [-0.25, -0.2) is 4.98 Å². The lowest BCUT2D eigenvalue weighted by Gasteiger charge is -2.18. The van der Waals surface area contributed by atoms with Crippen molar-refractivity contribution in [3.63, 3.8) is 0 Å². The Morgan fingerprint density at radius 3 is 2.84 bits per heavy atom. The van der Waals surface area contributed by atoms with E-state index in [0.29, 0.717) is 6.04 Å². The third kappa shape index (κ3) is 6.21. The molecule has 4 nitrogen and oxygen atoms in total. The molecule has 110 valence electrons. The van der Waals surface area contributed by atoms with Gasteiger partial charge >= 0.3 is 0 Å². The van der Waals surface area contributed by atoms with Gasteiger partial charge in [0.15, 0.2) is 0 Å². The summed E-state index contributed by atoms with van der Waals surface area (Å²) in [7, 11) is 0. The fourth-order valence-corrected chi connectivity index (χ4v) is 2.19. The largest absolute Gasteiger partial charge is 0.382 e. The number of nitrogens with one attached hydrogen (secondary N) is 1. The zero-order chi connectivity index (χ0) is 13.9. The molecule has 0 fully saturated rings. The average molecular weight is 267 g/mol. The lowest BCUT2D eigenvalue weighted by atomic mass is 10.1. The van der Waals surface area contributed by atoms with Crippen molar-refractivity contribution in [1.29, 1.82) is 0 Å². The summed E-state index contributed by atoms with van der Waals surface area (Å²) in [4.78, 5) is 4.49. The number of rotatable bonds is 11. The van der Waals surface area contributed by atoms with Crippen molar-refractivity contribution in [3.05, 3.63) is 18.2 Å². The molecule has 0 amide bonds.